The summed E-state index contributed by atoms with van der Waals surface area (Å²) in [6, 6.07) is 19.2. The number of amides is 1. The van der Waals surface area contributed by atoms with Crippen molar-refractivity contribution >= 4 is 17.6 Å². The number of aromatic hydroxyl groups is 1. The van der Waals surface area contributed by atoms with Crippen molar-refractivity contribution < 1.29 is 19.8 Å². The van der Waals surface area contributed by atoms with Gasteiger partial charge in [-0.15, -0.1) is 0 Å². The Hall–Kier alpha value is -3.64. The number of carbonyl (C=O) groups excluding carboxylic acids is 1. The number of aliphatic carboxylic acids is 1. The molecule has 4 rings (SSSR count). The molecule has 0 saturated heterocycles. The Kier molecular flexibility index (Phi) is 5.25. The van der Waals surface area contributed by atoms with Gasteiger partial charge in [-0.25, -0.2) is 0 Å². The van der Waals surface area contributed by atoms with Crippen LogP contribution in [0.4, 0.5) is 5.69 Å². The van der Waals surface area contributed by atoms with Gasteiger partial charge in [0, 0.05) is 11.6 Å². The van der Waals surface area contributed by atoms with E-state index in [2.05, 4.69) is 5.32 Å². The van der Waals surface area contributed by atoms with Crippen LogP contribution in [0.3, 0.4) is 0 Å². The summed E-state index contributed by atoms with van der Waals surface area (Å²) in [4.78, 5) is 24.0. The van der Waals surface area contributed by atoms with E-state index in [9.17, 15) is 19.8 Å². The first-order valence-electron chi connectivity index (χ1n) is 9.72. The minimum absolute atomic E-state index is 0.0121. The first-order valence-corrected chi connectivity index (χ1v) is 9.72. The lowest BCUT2D eigenvalue weighted by molar-refractivity contribution is -0.137. The van der Waals surface area contributed by atoms with E-state index in [1.807, 2.05) is 42.5 Å². The monoisotopic (exact) mass is 402 g/mol. The third kappa shape index (κ3) is 3.90. The van der Waals surface area contributed by atoms with Crippen molar-refractivity contribution in [3.8, 4) is 16.9 Å². The van der Waals surface area contributed by atoms with Gasteiger partial charge < -0.3 is 21.3 Å². The molecule has 2 atom stereocenters. The highest BCUT2D eigenvalue weighted by Gasteiger charge is 2.30. The molecule has 0 heterocycles. The van der Waals surface area contributed by atoms with Crippen LogP contribution in [-0.4, -0.2) is 28.1 Å². The topological polar surface area (TPSA) is 113 Å². The van der Waals surface area contributed by atoms with E-state index >= 15 is 0 Å². The first-order chi connectivity index (χ1) is 14.4. The van der Waals surface area contributed by atoms with Gasteiger partial charge in [0.2, 0.25) is 5.91 Å². The fourth-order valence-corrected chi connectivity index (χ4v) is 4.00. The number of carbonyl (C=O) groups is 2. The van der Waals surface area contributed by atoms with Crippen LogP contribution in [0.1, 0.15) is 29.0 Å². The van der Waals surface area contributed by atoms with Crippen LogP contribution >= 0.6 is 0 Å². The predicted octanol–water partition coefficient (Wildman–Crippen LogP) is 3.49. The highest BCUT2D eigenvalue weighted by atomic mass is 16.4. The number of nitrogens with one attached hydrogen (secondary N) is 1. The number of hydrogen-bond acceptors (Lipinski definition) is 4. The van der Waals surface area contributed by atoms with Gasteiger partial charge in [-0.3, -0.25) is 9.59 Å². The average Bonchev–Trinajstić information content (AvgIpc) is 3.02. The van der Waals surface area contributed by atoms with E-state index in [0.29, 0.717) is 12.1 Å². The number of fused-ring (bicyclic) bond motifs is 3. The second-order valence-corrected chi connectivity index (χ2v) is 7.51. The fourth-order valence-electron chi connectivity index (χ4n) is 4.00. The normalized spacial score (nSPS) is 15.2. The molecule has 1 unspecified atom stereocenters. The van der Waals surface area contributed by atoms with Crippen LogP contribution in [-0.2, 0) is 16.0 Å². The van der Waals surface area contributed by atoms with Crippen LogP contribution in [0.25, 0.3) is 11.1 Å². The van der Waals surface area contributed by atoms with Crippen LogP contribution in [0.15, 0.2) is 66.7 Å². The summed E-state index contributed by atoms with van der Waals surface area (Å²) in [7, 11) is 0. The van der Waals surface area contributed by atoms with Crippen molar-refractivity contribution in [3.63, 3.8) is 0 Å². The number of nitrogens with two attached hydrogens (primary N) is 1. The predicted molar refractivity (Wildman–Crippen MR) is 114 cm³/mol. The molecule has 0 fully saturated rings. The van der Waals surface area contributed by atoms with Gasteiger partial charge in [-0.05, 0) is 58.5 Å². The Balaban J connectivity index is 1.54. The number of phenols is 1. The lowest BCUT2D eigenvalue weighted by Crippen LogP contribution is -2.37. The number of rotatable bonds is 6. The van der Waals surface area contributed by atoms with Gasteiger partial charge >= 0.3 is 5.97 Å². The lowest BCUT2D eigenvalue weighted by Gasteiger charge is -2.15. The first kappa shape index (κ1) is 19.7. The fraction of sp³-hybridized carbons (Fsp3) is 0.167. The van der Waals surface area contributed by atoms with Crippen LogP contribution in [0, 0.1) is 0 Å². The molecule has 0 spiro atoms. The summed E-state index contributed by atoms with van der Waals surface area (Å²) in [6.45, 7) is 0. The minimum Gasteiger partial charge on any atom is -0.508 e. The second kappa shape index (κ2) is 8.00. The van der Waals surface area contributed by atoms with Crippen molar-refractivity contribution in [3.05, 3.63) is 83.4 Å². The van der Waals surface area contributed by atoms with Gasteiger partial charge in [0.15, 0.2) is 0 Å². The molecule has 1 amide bonds. The molecule has 0 bridgehead atoms. The number of carboxylic acid groups (broad SMARTS) is 1. The summed E-state index contributed by atoms with van der Waals surface area (Å²) in [6.07, 6.45) is 0.325. The van der Waals surface area contributed by atoms with Gasteiger partial charge in [-0.1, -0.05) is 42.5 Å². The highest BCUT2D eigenvalue weighted by Crippen LogP contribution is 2.47. The minimum atomic E-state index is -0.868. The number of carboxylic acids is 1. The third-order valence-corrected chi connectivity index (χ3v) is 5.43. The van der Waals surface area contributed by atoms with Gasteiger partial charge in [0.25, 0.3) is 0 Å². The van der Waals surface area contributed by atoms with Gasteiger partial charge in [0.1, 0.15) is 5.75 Å². The maximum atomic E-state index is 12.6. The van der Waals surface area contributed by atoms with E-state index in [4.69, 9.17) is 5.73 Å². The summed E-state index contributed by atoms with van der Waals surface area (Å²) in [5.41, 5.74) is 11.4. The van der Waals surface area contributed by atoms with Crippen molar-refractivity contribution in [2.24, 2.45) is 5.73 Å². The molecular formula is C24H22N2O4. The summed E-state index contributed by atoms with van der Waals surface area (Å²) in [5, 5.41) is 21.6. The summed E-state index contributed by atoms with van der Waals surface area (Å²) in [5.74, 6) is -1.29. The van der Waals surface area contributed by atoms with Crippen molar-refractivity contribution in [2.75, 3.05) is 5.32 Å². The quantitative estimate of drug-likeness (QED) is 0.504. The van der Waals surface area contributed by atoms with Gasteiger partial charge in [-0.2, -0.15) is 0 Å². The number of phenolic OH excluding ortho intramolecular Hbond substituents is 1. The smallest absolute Gasteiger partial charge is 0.304 e. The molecule has 3 aromatic rings. The van der Waals surface area contributed by atoms with Crippen LogP contribution in [0.5, 0.6) is 5.75 Å². The Morgan fingerprint density at radius 2 is 1.67 bits per heavy atom. The Morgan fingerprint density at radius 1 is 0.967 bits per heavy atom. The van der Waals surface area contributed by atoms with Crippen molar-refractivity contribution in [1.82, 2.24) is 0 Å². The molecule has 1 aliphatic rings. The number of hydrogen-bond donors (Lipinski definition) is 4. The Labute approximate surface area is 174 Å². The molecule has 6 nitrogen and oxygen atoms in total. The molecule has 3 aromatic carbocycles. The third-order valence-electron chi connectivity index (χ3n) is 5.43. The standard InChI is InChI=1S/C24H22N2O4/c25-22(11-14-5-8-16(27)9-6-14)24(30)26-15-7-10-19-17-3-1-2-4-18(17)21(13-23(28)29)20(19)12-15/h1-10,12,21-22,27H,11,13,25H2,(H,26,30)(H,28,29)/t21?,22-/m0/s1. The average molecular weight is 402 g/mol. The summed E-state index contributed by atoms with van der Waals surface area (Å²) < 4.78 is 0. The van der Waals surface area contributed by atoms with Crippen molar-refractivity contribution in [2.45, 2.75) is 24.8 Å². The molecule has 6 heteroatoms. The van der Waals surface area contributed by atoms with Crippen molar-refractivity contribution in [1.29, 1.82) is 0 Å². The molecule has 5 N–H and O–H groups in total. The SMILES string of the molecule is N[C@@H](Cc1ccc(O)cc1)C(=O)Nc1ccc2c(c1)C(CC(=O)O)c1ccccc1-2. The van der Waals surface area contributed by atoms with Crippen LogP contribution in [0.2, 0.25) is 0 Å². The Morgan fingerprint density at radius 3 is 2.40 bits per heavy atom. The molecule has 0 saturated carbocycles. The van der Waals surface area contributed by atoms with Crippen LogP contribution < -0.4 is 11.1 Å². The molecule has 0 aromatic heterocycles. The molecule has 30 heavy (non-hydrogen) atoms. The summed E-state index contributed by atoms with van der Waals surface area (Å²) >= 11 is 0. The molecular weight excluding hydrogens is 380 g/mol. The zero-order chi connectivity index (χ0) is 21.3. The van der Waals surface area contributed by atoms with E-state index in [-0.39, 0.29) is 24.0 Å². The zero-order valence-electron chi connectivity index (χ0n) is 16.2. The van der Waals surface area contributed by atoms with E-state index in [0.717, 1.165) is 27.8 Å². The zero-order valence-corrected chi connectivity index (χ0v) is 16.2. The van der Waals surface area contributed by atoms with Gasteiger partial charge in [0.05, 0.1) is 12.5 Å². The number of anilines is 1. The highest BCUT2D eigenvalue weighted by molar-refractivity contribution is 5.95. The van der Waals surface area contributed by atoms with E-state index in [1.54, 1.807) is 24.3 Å². The maximum Gasteiger partial charge on any atom is 0.304 e. The molecule has 0 radical (unpaired) electrons. The Bertz CT molecular complexity index is 1110. The molecule has 152 valence electrons. The van der Waals surface area contributed by atoms with E-state index in [1.165, 1.54) is 0 Å². The largest absolute Gasteiger partial charge is 0.508 e. The maximum absolute atomic E-state index is 12.6. The molecule has 0 aliphatic heterocycles. The number of benzene rings is 3. The second-order valence-electron chi connectivity index (χ2n) is 7.51. The van der Waals surface area contributed by atoms with E-state index < -0.39 is 12.0 Å². The molecule has 1 aliphatic carbocycles. The lowest BCUT2D eigenvalue weighted by atomic mass is 9.93.